The SMILES string of the molecule is [N-]=[N+]=NCC(=O)N(c1ccccc1)C1CCCCC1. The average molecular weight is 258 g/mol. The number of benzene rings is 1. The zero-order valence-electron chi connectivity index (χ0n) is 10.9. The summed E-state index contributed by atoms with van der Waals surface area (Å²) in [6.45, 7) is -0.109. The Morgan fingerprint density at radius 3 is 2.58 bits per heavy atom. The van der Waals surface area contributed by atoms with E-state index in [9.17, 15) is 4.79 Å². The summed E-state index contributed by atoms with van der Waals surface area (Å²) in [5.74, 6) is -0.115. The molecule has 5 heteroatoms. The molecular weight excluding hydrogens is 240 g/mol. The van der Waals surface area contributed by atoms with Gasteiger partial charge in [0.1, 0.15) is 6.54 Å². The summed E-state index contributed by atoms with van der Waals surface area (Å²) in [6, 6.07) is 9.88. The number of hydrogen-bond acceptors (Lipinski definition) is 2. The number of hydrogen-bond donors (Lipinski definition) is 0. The van der Waals surface area contributed by atoms with Gasteiger partial charge in [0.15, 0.2) is 0 Å². The monoisotopic (exact) mass is 258 g/mol. The lowest BCUT2D eigenvalue weighted by Gasteiger charge is -2.34. The van der Waals surface area contributed by atoms with Gasteiger partial charge in [-0.15, -0.1) is 0 Å². The van der Waals surface area contributed by atoms with Crippen molar-refractivity contribution in [2.24, 2.45) is 5.11 Å². The first-order valence-corrected chi connectivity index (χ1v) is 6.71. The van der Waals surface area contributed by atoms with Crippen molar-refractivity contribution in [1.29, 1.82) is 0 Å². The van der Waals surface area contributed by atoms with E-state index < -0.39 is 0 Å². The second-order valence-corrected chi connectivity index (χ2v) is 4.78. The van der Waals surface area contributed by atoms with Crippen LogP contribution in [0.1, 0.15) is 32.1 Å². The van der Waals surface area contributed by atoms with E-state index in [0.29, 0.717) is 0 Å². The van der Waals surface area contributed by atoms with E-state index in [1.165, 1.54) is 6.42 Å². The Bertz CT molecular complexity index is 462. The minimum absolute atomic E-state index is 0.109. The third-order valence-corrected chi connectivity index (χ3v) is 3.51. The average Bonchev–Trinajstić information content (AvgIpc) is 2.47. The van der Waals surface area contributed by atoms with E-state index in [0.717, 1.165) is 31.4 Å². The minimum atomic E-state index is -0.115. The fourth-order valence-electron chi connectivity index (χ4n) is 2.65. The van der Waals surface area contributed by atoms with Crippen LogP contribution in [0.2, 0.25) is 0 Å². The van der Waals surface area contributed by atoms with E-state index in [4.69, 9.17) is 5.53 Å². The van der Waals surface area contributed by atoms with Crippen LogP contribution in [0.3, 0.4) is 0 Å². The quantitative estimate of drug-likeness (QED) is 0.461. The fraction of sp³-hybridized carbons (Fsp3) is 0.500. The molecule has 0 unspecified atom stereocenters. The van der Waals surface area contributed by atoms with Crippen molar-refractivity contribution in [3.05, 3.63) is 40.8 Å². The maximum Gasteiger partial charge on any atom is 0.233 e. The van der Waals surface area contributed by atoms with Gasteiger partial charge in [-0.2, -0.15) is 0 Å². The van der Waals surface area contributed by atoms with Gasteiger partial charge in [-0.1, -0.05) is 42.6 Å². The van der Waals surface area contributed by atoms with Crippen LogP contribution in [0, 0.1) is 0 Å². The number of anilines is 1. The Hall–Kier alpha value is -2.00. The molecule has 2 rings (SSSR count). The molecule has 1 aromatic carbocycles. The van der Waals surface area contributed by atoms with Crippen LogP contribution in [0.15, 0.2) is 35.4 Å². The van der Waals surface area contributed by atoms with E-state index in [2.05, 4.69) is 10.0 Å². The van der Waals surface area contributed by atoms with Crippen molar-refractivity contribution in [1.82, 2.24) is 0 Å². The summed E-state index contributed by atoms with van der Waals surface area (Å²) >= 11 is 0. The molecule has 1 aromatic rings. The summed E-state index contributed by atoms with van der Waals surface area (Å²) < 4.78 is 0. The third kappa shape index (κ3) is 3.48. The molecule has 1 aliphatic carbocycles. The van der Waals surface area contributed by atoms with Gasteiger partial charge in [0.05, 0.1) is 0 Å². The Morgan fingerprint density at radius 2 is 1.95 bits per heavy atom. The van der Waals surface area contributed by atoms with Crippen molar-refractivity contribution in [3.63, 3.8) is 0 Å². The Kier molecular flexibility index (Phi) is 4.81. The maximum atomic E-state index is 12.3. The number of carbonyl (C=O) groups is 1. The lowest BCUT2D eigenvalue weighted by atomic mass is 9.93. The molecule has 5 nitrogen and oxygen atoms in total. The predicted octanol–water partition coefficient (Wildman–Crippen LogP) is 3.66. The molecular formula is C14H18N4O. The topological polar surface area (TPSA) is 69.1 Å². The second-order valence-electron chi connectivity index (χ2n) is 4.78. The highest BCUT2D eigenvalue weighted by Crippen LogP contribution is 2.27. The fourth-order valence-corrected chi connectivity index (χ4v) is 2.65. The van der Waals surface area contributed by atoms with Gasteiger partial charge < -0.3 is 4.90 Å². The van der Waals surface area contributed by atoms with Crippen molar-refractivity contribution < 1.29 is 4.79 Å². The highest BCUT2D eigenvalue weighted by Gasteiger charge is 2.26. The second kappa shape index (κ2) is 6.81. The van der Waals surface area contributed by atoms with Crippen molar-refractivity contribution in [2.45, 2.75) is 38.1 Å². The minimum Gasteiger partial charge on any atom is -0.309 e. The molecule has 0 radical (unpaired) electrons. The van der Waals surface area contributed by atoms with Gasteiger partial charge in [-0.25, -0.2) is 0 Å². The van der Waals surface area contributed by atoms with Crippen molar-refractivity contribution in [2.75, 3.05) is 11.4 Å². The molecule has 1 saturated carbocycles. The standard InChI is InChI=1S/C14H18N4O/c15-17-16-11-14(19)18(12-7-3-1-4-8-12)13-9-5-2-6-10-13/h1,3-4,7-8,13H,2,5-6,9-11H2. The third-order valence-electron chi connectivity index (χ3n) is 3.51. The normalized spacial score (nSPS) is 15.6. The van der Waals surface area contributed by atoms with Crippen molar-refractivity contribution in [3.8, 4) is 0 Å². The molecule has 0 atom stereocenters. The molecule has 0 aromatic heterocycles. The van der Waals surface area contributed by atoms with Gasteiger partial charge in [0, 0.05) is 16.6 Å². The molecule has 1 aliphatic rings. The first kappa shape index (κ1) is 13.4. The molecule has 0 bridgehead atoms. The Morgan fingerprint density at radius 1 is 1.26 bits per heavy atom. The predicted molar refractivity (Wildman–Crippen MR) is 74.8 cm³/mol. The lowest BCUT2D eigenvalue weighted by molar-refractivity contribution is -0.117. The number of azide groups is 1. The van der Waals surface area contributed by atoms with Crippen LogP contribution in [-0.4, -0.2) is 18.5 Å². The molecule has 0 spiro atoms. The van der Waals surface area contributed by atoms with Crippen LogP contribution in [0.4, 0.5) is 5.69 Å². The number of para-hydroxylation sites is 1. The summed E-state index contributed by atoms with van der Waals surface area (Å²) in [5, 5.41) is 3.40. The van der Waals surface area contributed by atoms with E-state index in [1.807, 2.05) is 35.2 Å². The molecule has 1 fully saturated rings. The number of amides is 1. The van der Waals surface area contributed by atoms with Gasteiger partial charge in [-0.05, 0) is 30.5 Å². The molecule has 0 saturated heterocycles. The van der Waals surface area contributed by atoms with Crippen LogP contribution in [0.5, 0.6) is 0 Å². The largest absolute Gasteiger partial charge is 0.309 e. The molecule has 1 amide bonds. The maximum absolute atomic E-state index is 12.3. The Labute approximate surface area is 112 Å². The van der Waals surface area contributed by atoms with E-state index in [-0.39, 0.29) is 18.5 Å². The number of nitrogens with zero attached hydrogens (tertiary/aromatic N) is 4. The Balaban J connectivity index is 2.21. The smallest absolute Gasteiger partial charge is 0.233 e. The summed E-state index contributed by atoms with van der Waals surface area (Å²) in [4.78, 5) is 16.8. The van der Waals surface area contributed by atoms with Crippen LogP contribution < -0.4 is 4.90 Å². The van der Waals surface area contributed by atoms with E-state index >= 15 is 0 Å². The zero-order chi connectivity index (χ0) is 13.5. The number of carbonyl (C=O) groups excluding carboxylic acids is 1. The van der Waals surface area contributed by atoms with Gasteiger partial charge in [-0.3, -0.25) is 4.79 Å². The van der Waals surface area contributed by atoms with Crippen LogP contribution >= 0.6 is 0 Å². The molecule has 19 heavy (non-hydrogen) atoms. The van der Waals surface area contributed by atoms with Gasteiger partial charge >= 0.3 is 0 Å². The zero-order valence-corrected chi connectivity index (χ0v) is 10.9. The first-order chi connectivity index (χ1) is 9.33. The molecule has 0 heterocycles. The van der Waals surface area contributed by atoms with Gasteiger partial charge in [0.2, 0.25) is 5.91 Å². The first-order valence-electron chi connectivity index (χ1n) is 6.71. The lowest BCUT2D eigenvalue weighted by Crippen LogP contribution is -2.42. The molecule has 0 N–H and O–H groups in total. The molecule has 0 aliphatic heterocycles. The van der Waals surface area contributed by atoms with Crippen LogP contribution in [0.25, 0.3) is 10.4 Å². The summed E-state index contributed by atoms with van der Waals surface area (Å²) in [5.41, 5.74) is 9.26. The van der Waals surface area contributed by atoms with Crippen LogP contribution in [-0.2, 0) is 4.79 Å². The summed E-state index contributed by atoms with van der Waals surface area (Å²) in [6.07, 6.45) is 5.60. The highest BCUT2D eigenvalue weighted by atomic mass is 16.2. The number of rotatable bonds is 4. The van der Waals surface area contributed by atoms with Crippen molar-refractivity contribution >= 4 is 11.6 Å². The molecule has 100 valence electrons. The highest BCUT2D eigenvalue weighted by molar-refractivity contribution is 5.95. The van der Waals surface area contributed by atoms with Gasteiger partial charge in [0.25, 0.3) is 0 Å². The summed E-state index contributed by atoms with van der Waals surface area (Å²) in [7, 11) is 0. The van der Waals surface area contributed by atoms with E-state index in [1.54, 1.807) is 0 Å².